The lowest BCUT2D eigenvalue weighted by Crippen LogP contribution is -2.30. The number of nitrogens with one attached hydrogen (secondary N) is 3. The van der Waals surface area contributed by atoms with Crippen LogP contribution in [0.5, 0.6) is 5.75 Å². The Morgan fingerprint density at radius 2 is 1.81 bits per heavy atom. The molecule has 0 spiro atoms. The van der Waals surface area contributed by atoms with Crippen LogP contribution in [0.15, 0.2) is 47.4 Å². The molecule has 9 heteroatoms. The summed E-state index contributed by atoms with van der Waals surface area (Å²) >= 11 is 11.3. The summed E-state index contributed by atoms with van der Waals surface area (Å²) in [6.45, 7) is 0. The zero-order valence-electron chi connectivity index (χ0n) is 14.0. The lowest BCUT2D eigenvalue weighted by Gasteiger charge is -2.13. The predicted octanol–water partition coefficient (Wildman–Crippen LogP) is 3.60. The zero-order chi connectivity index (χ0) is 18.7. The van der Waals surface area contributed by atoms with Crippen LogP contribution in [0.2, 0.25) is 5.02 Å². The van der Waals surface area contributed by atoms with E-state index in [9.17, 15) is 8.42 Å². The van der Waals surface area contributed by atoms with Crippen molar-refractivity contribution in [3.8, 4) is 5.75 Å². The average molecular weight is 412 g/mol. The molecule has 0 atom stereocenters. The molecule has 26 heavy (non-hydrogen) atoms. The first-order valence-corrected chi connectivity index (χ1v) is 10.2. The SMILES string of the molecule is COc1ccc(NS(=O)(=O)c2cc(NC(=S)NC3CC3)ccc2Cl)cc1. The number of anilines is 2. The number of halogens is 1. The Balaban J connectivity index is 1.78. The first-order valence-electron chi connectivity index (χ1n) is 7.91. The van der Waals surface area contributed by atoms with Crippen LogP contribution in [0.1, 0.15) is 12.8 Å². The van der Waals surface area contributed by atoms with Crippen molar-refractivity contribution in [2.45, 2.75) is 23.8 Å². The quantitative estimate of drug-likeness (QED) is 0.630. The van der Waals surface area contributed by atoms with Crippen LogP contribution in [-0.4, -0.2) is 26.7 Å². The van der Waals surface area contributed by atoms with Crippen molar-refractivity contribution >= 4 is 50.3 Å². The second kappa shape index (κ2) is 7.69. The van der Waals surface area contributed by atoms with E-state index in [1.807, 2.05) is 0 Å². The molecule has 0 aliphatic heterocycles. The molecule has 0 radical (unpaired) electrons. The highest BCUT2D eigenvalue weighted by atomic mass is 35.5. The summed E-state index contributed by atoms with van der Waals surface area (Å²) in [5.41, 5.74) is 0.953. The highest BCUT2D eigenvalue weighted by Crippen LogP contribution is 2.28. The maximum Gasteiger partial charge on any atom is 0.263 e. The van der Waals surface area contributed by atoms with Crippen LogP contribution in [0.3, 0.4) is 0 Å². The van der Waals surface area contributed by atoms with Gasteiger partial charge in [0.15, 0.2) is 5.11 Å². The van der Waals surface area contributed by atoms with Gasteiger partial charge in [-0.1, -0.05) is 11.6 Å². The van der Waals surface area contributed by atoms with E-state index in [4.69, 9.17) is 28.6 Å². The fraction of sp³-hybridized carbons (Fsp3) is 0.235. The fourth-order valence-electron chi connectivity index (χ4n) is 2.24. The van der Waals surface area contributed by atoms with Gasteiger partial charge in [-0.2, -0.15) is 0 Å². The minimum atomic E-state index is -3.86. The van der Waals surface area contributed by atoms with Gasteiger partial charge in [-0.3, -0.25) is 4.72 Å². The molecular formula is C17H18ClN3O3S2. The lowest BCUT2D eigenvalue weighted by molar-refractivity contribution is 0.415. The third-order valence-electron chi connectivity index (χ3n) is 3.73. The number of benzene rings is 2. The zero-order valence-corrected chi connectivity index (χ0v) is 16.3. The van der Waals surface area contributed by atoms with Crippen molar-refractivity contribution in [2.75, 3.05) is 17.1 Å². The summed E-state index contributed by atoms with van der Waals surface area (Å²) in [6.07, 6.45) is 2.18. The monoisotopic (exact) mass is 411 g/mol. The van der Waals surface area contributed by atoms with E-state index in [2.05, 4.69) is 15.4 Å². The van der Waals surface area contributed by atoms with Crippen molar-refractivity contribution in [3.05, 3.63) is 47.5 Å². The minimum Gasteiger partial charge on any atom is -0.497 e. The summed E-state index contributed by atoms with van der Waals surface area (Å²) in [7, 11) is -2.32. The van der Waals surface area contributed by atoms with Gasteiger partial charge in [-0.25, -0.2) is 8.42 Å². The van der Waals surface area contributed by atoms with Gasteiger partial charge < -0.3 is 15.4 Å². The Hall–Kier alpha value is -2.03. The average Bonchev–Trinajstić information content (AvgIpc) is 3.40. The molecule has 0 heterocycles. The summed E-state index contributed by atoms with van der Waals surface area (Å²) in [5, 5.41) is 6.70. The van der Waals surface area contributed by atoms with Crippen molar-refractivity contribution in [1.29, 1.82) is 0 Å². The van der Waals surface area contributed by atoms with E-state index < -0.39 is 10.0 Å². The maximum atomic E-state index is 12.7. The second-order valence-electron chi connectivity index (χ2n) is 5.85. The standard InChI is InChI=1S/C17H18ClN3O3S2/c1-24-14-7-4-12(5-8-14)21-26(22,23)16-10-13(6-9-15(16)18)20-17(25)19-11-2-3-11/h4-11,21H,2-3H2,1H3,(H2,19,20,25). The van der Waals surface area contributed by atoms with Crippen molar-refractivity contribution in [1.82, 2.24) is 5.32 Å². The molecular weight excluding hydrogens is 394 g/mol. The molecule has 3 rings (SSSR count). The van der Waals surface area contributed by atoms with Gasteiger partial charge in [-0.15, -0.1) is 0 Å². The number of hydrogen-bond donors (Lipinski definition) is 3. The van der Waals surface area contributed by atoms with Crippen LogP contribution < -0.4 is 20.1 Å². The van der Waals surface area contributed by atoms with Gasteiger partial charge in [-0.05, 0) is 67.5 Å². The number of rotatable bonds is 6. The van der Waals surface area contributed by atoms with Crippen LogP contribution in [0, 0.1) is 0 Å². The molecule has 138 valence electrons. The molecule has 1 fully saturated rings. The van der Waals surface area contributed by atoms with E-state index >= 15 is 0 Å². The highest BCUT2D eigenvalue weighted by Gasteiger charge is 2.22. The molecule has 1 saturated carbocycles. The Morgan fingerprint density at radius 1 is 1.15 bits per heavy atom. The highest BCUT2D eigenvalue weighted by molar-refractivity contribution is 7.92. The Kier molecular flexibility index (Phi) is 5.55. The minimum absolute atomic E-state index is 0.0331. The van der Waals surface area contributed by atoms with Crippen LogP contribution in [0.4, 0.5) is 11.4 Å². The molecule has 0 aromatic heterocycles. The van der Waals surface area contributed by atoms with Gasteiger partial charge in [0.05, 0.1) is 12.1 Å². The molecule has 2 aromatic rings. The molecule has 0 saturated heterocycles. The van der Waals surface area contributed by atoms with Crippen LogP contribution in [0.25, 0.3) is 0 Å². The predicted molar refractivity (Wildman–Crippen MR) is 108 cm³/mol. The molecule has 2 aromatic carbocycles. The molecule has 6 nitrogen and oxygen atoms in total. The van der Waals surface area contributed by atoms with E-state index in [0.717, 1.165) is 12.8 Å². The third-order valence-corrected chi connectivity index (χ3v) is 5.82. The van der Waals surface area contributed by atoms with Crippen molar-refractivity contribution < 1.29 is 13.2 Å². The number of methoxy groups -OCH3 is 1. The van der Waals surface area contributed by atoms with Gasteiger partial charge in [0.1, 0.15) is 10.6 Å². The lowest BCUT2D eigenvalue weighted by atomic mass is 10.3. The summed E-state index contributed by atoms with van der Waals surface area (Å²) in [6, 6.07) is 11.6. The molecule has 1 aliphatic rings. The van der Waals surface area contributed by atoms with E-state index in [-0.39, 0.29) is 9.92 Å². The van der Waals surface area contributed by atoms with Crippen LogP contribution >= 0.6 is 23.8 Å². The number of hydrogen-bond acceptors (Lipinski definition) is 4. The Labute approximate surface area is 162 Å². The summed E-state index contributed by atoms with van der Waals surface area (Å²) in [5.74, 6) is 0.633. The first kappa shape index (κ1) is 18.8. The van der Waals surface area contributed by atoms with E-state index in [0.29, 0.717) is 28.3 Å². The van der Waals surface area contributed by atoms with Gasteiger partial charge in [0.25, 0.3) is 10.0 Å². The number of ether oxygens (including phenoxy) is 1. The Bertz CT molecular complexity index is 913. The first-order chi connectivity index (χ1) is 12.4. The topological polar surface area (TPSA) is 79.5 Å². The van der Waals surface area contributed by atoms with Crippen LogP contribution in [-0.2, 0) is 10.0 Å². The fourth-order valence-corrected chi connectivity index (χ4v) is 4.11. The molecule has 1 aliphatic carbocycles. The third kappa shape index (κ3) is 4.78. The van der Waals surface area contributed by atoms with Crippen molar-refractivity contribution in [3.63, 3.8) is 0 Å². The smallest absolute Gasteiger partial charge is 0.263 e. The van der Waals surface area contributed by atoms with Crippen molar-refractivity contribution in [2.24, 2.45) is 0 Å². The summed E-state index contributed by atoms with van der Waals surface area (Å²) in [4.78, 5) is -0.0331. The largest absolute Gasteiger partial charge is 0.497 e. The number of sulfonamides is 1. The van der Waals surface area contributed by atoms with E-state index in [1.54, 1.807) is 37.4 Å². The van der Waals surface area contributed by atoms with Gasteiger partial charge in [0.2, 0.25) is 0 Å². The summed E-state index contributed by atoms with van der Waals surface area (Å²) < 4.78 is 33.0. The molecule has 0 amide bonds. The molecule has 0 bridgehead atoms. The Morgan fingerprint density at radius 3 is 2.42 bits per heavy atom. The normalized spacial score (nSPS) is 13.8. The maximum absolute atomic E-state index is 12.7. The van der Waals surface area contributed by atoms with E-state index in [1.165, 1.54) is 12.1 Å². The van der Waals surface area contributed by atoms with Gasteiger partial charge in [0, 0.05) is 17.4 Å². The second-order valence-corrected chi connectivity index (χ2v) is 8.32. The number of thiocarbonyl (C=S) groups is 1. The molecule has 3 N–H and O–H groups in total. The molecule has 0 unspecified atom stereocenters. The van der Waals surface area contributed by atoms with Gasteiger partial charge >= 0.3 is 0 Å².